The van der Waals surface area contributed by atoms with Crippen LogP contribution in [0.5, 0.6) is 5.75 Å². The highest BCUT2D eigenvalue weighted by atomic mass is 79.9. The molecule has 1 aromatic carbocycles. The zero-order chi connectivity index (χ0) is 12.4. The molecule has 0 bridgehead atoms. The first-order valence-electron chi connectivity index (χ1n) is 5.91. The van der Waals surface area contributed by atoms with E-state index in [0.29, 0.717) is 6.61 Å². The third-order valence-corrected chi connectivity index (χ3v) is 3.42. The number of para-hydroxylation sites is 1. The summed E-state index contributed by atoms with van der Waals surface area (Å²) in [4.78, 5) is 6.73. The van der Waals surface area contributed by atoms with E-state index in [1.54, 1.807) is 0 Å². The van der Waals surface area contributed by atoms with Gasteiger partial charge in [0.2, 0.25) is 0 Å². The van der Waals surface area contributed by atoms with E-state index in [-0.39, 0.29) is 0 Å². The predicted octanol–water partition coefficient (Wildman–Crippen LogP) is 3.24. The van der Waals surface area contributed by atoms with Gasteiger partial charge in [0.05, 0.1) is 6.54 Å². The van der Waals surface area contributed by atoms with Crippen molar-refractivity contribution < 1.29 is 4.74 Å². The summed E-state index contributed by atoms with van der Waals surface area (Å²) in [5.74, 6) is 1.96. The molecule has 18 heavy (non-hydrogen) atoms. The van der Waals surface area contributed by atoms with Crippen LogP contribution < -0.4 is 9.64 Å². The van der Waals surface area contributed by atoms with Gasteiger partial charge in [-0.3, -0.25) is 0 Å². The van der Waals surface area contributed by atoms with E-state index in [1.165, 1.54) is 5.56 Å². The van der Waals surface area contributed by atoms with E-state index in [2.05, 4.69) is 31.9 Å². The zero-order valence-corrected chi connectivity index (χ0v) is 11.4. The van der Waals surface area contributed by atoms with Crippen LogP contribution in [0.1, 0.15) is 5.56 Å². The number of anilines is 1. The van der Waals surface area contributed by atoms with Crippen molar-refractivity contribution in [2.45, 2.75) is 6.54 Å². The van der Waals surface area contributed by atoms with Crippen molar-refractivity contribution in [1.29, 1.82) is 0 Å². The summed E-state index contributed by atoms with van der Waals surface area (Å²) in [5, 5.41) is 0. The molecule has 0 spiro atoms. The molecular weight excluding hydrogens is 292 g/mol. The third kappa shape index (κ3) is 2.34. The molecule has 0 saturated carbocycles. The van der Waals surface area contributed by atoms with E-state index < -0.39 is 0 Å². The van der Waals surface area contributed by atoms with Crippen molar-refractivity contribution in [3.63, 3.8) is 0 Å². The minimum absolute atomic E-state index is 0.686. The van der Waals surface area contributed by atoms with Gasteiger partial charge in [0.15, 0.2) is 0 Å². The fraction of sp³-hybridized carbons (Fsp3) is 0.214. The van der Waals surface area contributed by atoms with Crippen LogP contribution in [0.3, 0.4) is 0 Å². The first kappa shape index (κ1) is 11.5. The Balaban J connectivity index is 1.91. The molecule has 92 valence electrons. The van der Waals surface area contributed by atoms with Crippen LogP contribution >= 0.6 is 15.9 Å². The quantitative estimate of drug-likeness (QED) is 0.756. The van der Waals surface area contributed by atoms with Crippen molar-refractivity contribution in [3.05, 3.63) is 52.6 Å². The lowest BCUT2D eigenvalue weighted by molar-refractivity contribution is 0.331. The summed E-state index contributed by atoms with van der Waals surface area (Å²) in [6.45, 7) is 2.36. The Hall–Kier alpha value is -1.55. The van der Waals surface area contributed by atoms with Crippen molar-refractivity contribution in [2.75, 3.05) is 18.1 Å². The van der Waals surface area contributed by atoms with Gasteiger partial charge in [0, 0.05) is 12.1 Å². The number of rotatable bonds is 1. The zero-order valence-electron chi connectivity index (χ0n) is 9.84. The maximum Gasteiger partial charge on any atom is 0.130 e. The average Bonchev–Trinajstić information content (AvgIpc) is 2.60. The molecule has 0 aliphatic carbocycles. The van der Waals surface area contributed by atoms with E-state index in [4.69, 9.17) is 4.74 Å². The molecule has 2 heterocycles. The highest BCUT2D eigenvalue weighted by Crippen LogP contribution is 2.25. The molecule has 0 amide bonds. The monoisotopic (exact) mass is 304 g/mol. The summed E-state index contributed by atoms with van der Waals surface area (Å²) in [7, 11) is 0. The summed E-state index contributed by atoms with van der Waals surface area (Å²) in [6.07, 6.45) is 0. The molecular formula is C14H13BrN2O. The molecule has 1 aromatic heterocycles. The standard InChI is InChI=1S/C14H13BrN2O/c15-13-6-3-7-14(16-13)17-8-9-18-12-5-2-1-4-11(12)10-17/h1-7H,8-10H2. The van der Waals surface area contributed by atoms with Crippen molar-refractivity contribution in [3.8, 4) is 5.75 Å². The number of aromatic nitrogens is 1. The van der Waals surface area contributed by atoms with E-state index in [1.807, 2.05) is 36.4 Å². The summed E-state index contributed by atoms with van der Waals surface area (Å²) in [5.41, 5.74) is 1.21. The predicted molar refractivity (Wildman–Crippen MR) is 74.9 cm³/mol. The normalized spacial score (nSPS) is 14.6. The van der Waals surface area contributed by atoms with E-state index in [9.17, 15) is 0 Å². The molecule has 0 saturated heterocycles. The number of nitrogens with zero attached hydrogens (tertiary/aromatic N) is 2. The molecule has 0 fully saturated rings. The number of pyridine rings is 1. The lowest BCUT2D eigenvalue weighted by Crippen LogP contribution is -2.26. The van der Waals surface area contributed by atoms with Gasteiger partial charge < -0.3 is 9.64 Å². The SMILES string of the molecule is Brc1cccc(N2CCOc3ccccc3C2)n1. The fourth-order valence-electron chi connectivity index (χ4n) is 2.09. The van der Waals surface area contributed by atoms with Crippen molar-refractivity contribution in [1.82, 2.24) is 4.98 Å². The number of halogens is 1. The molecule has 3 rings (SSSR count). The third-order valence-electron chi connectivity index (χ3n) is 2.98. The second-order valence-electron chi connectivity index (χ2n) is 4.20. The van der Waals surface area contributed by atoms with Gasteiger partial charge in [-0.15, -0.1) is 0 Å². The summed E-state index contributed by atoms with van der Waals surface area (Å²) < 4.78 is 6.61. The second-order valence-corrected chi connectivity index (χ2v) is 5.01. The minimum Gasteiger partial charge on any atom is -0.491 e. The highest BCUT2D eigenvalue weighted by Gasteiger charge is 2.15. The van der Waals surface area contributed by atoms with Crippen LogP contribution in [0, 0.1) is 0 Å². The van der Waals surface area contributed by atoms with Gasteiger partial charge in [-0.25, -0.2) is 4.98 Å². The molecule has 3 nitrogen and oxygen atoms in total. The van der Waals surface area contributed by atoms with E-state index >= 15 is 0 Å². The topological polar surface area (TPSA) is 25.4 Å². The Kier molecular flexibility index (Phi) is 3.19. The number of fused-ring (bicyclic) bond motifs is 1. The molecule has 4 heteroatoms. The fourth-order valence-corrected chi connectivity index (χ4v) is 2.43. The van der Waals surface area contributed by atoms with Gasteiger partial charge in [0.25, 0.3) is 0 Å². The second kappa shape index (κ2) is 4.98. The van der Waals surface area contributed by atoms with Gasteiger partial charge >= 0.3 is 0 Å². The molecule has 0 unspecified atom stereocenters. The van der Waals surface area contributed by atoms with Crippen LogP contribution in [0.4, 0.5) is 5.82 Å². The molecule has 1 aliphatic heterocycles. The molecule has 0 N–H and O–H groups in total. The maximum atomic E-state index is 5.75. The lowest BCUT2D eigenvalue weighted by Gasteiger charge is -2.20. The Bertz CT molecular complexity index is 559. The number of hydrogen-bond donors (Lipinski definition) is 0. The van der Waals surface area contributed by atoms with E-state index in [0.717, 1.165) is 29.3 Å². The Morgan fingerprint density at radius 2 is 2.00 bits per heavy atom. The molecule has 0 radical (unpaired) electrons. The molecule has 1 aliphatic rings. The highest BCUT2D eigenvalue weighted by molar-refractivity contribution is 9.10. The van der Waals surface area contributed by atoms with Crippen LogP contribution in [0.25, 0.3) is 0 Å². The number of benzene rings is 1. The summed E-state index contributed by atoms with van der Waals surface area (Å²) in [6, 6.07) is 14.1. The van der Waals surface area contributed by atoms with Crippen molar-refractivity contribution in [2.24, 2.45) is 0 Å². The average molecular weight is 305 g/mol. The first-order chi connectivity index (χ1) is 8.83. The van der Waals surface area contributed by atoms with Crippen LogP contribution in [-0.4, -0.2) is 18.1 Å². The minimum atomic E-state index is 0.686. The largest absolute Gasteiger partial charge is 0.491 e. The number of ether oxygens (including phenoxy) is 1. The van der Waals surface area contributed by atoms with Gasteiger partial charge in [0.1, 0.15) is 22.8 Å². The van der Waals surface area contributed by atoms with Gasteiger partial charge in [-0.2, -0.15) is 0 Å². The van der Waals surface area contributed by atoms with Crippen molar-refractivity contribution >= 4 is 21.7 Å². The number of hydrogen-bond acceptors (Lipinski definition) is 3. The Labute approximate surface area is 115 Å². The Morgan fingerprint density at radius 1 is 1.11 bits per heavy atom. The Morgan fingerprint density at radius 3 is 2.89 bits per heavy atom. The van der Waals surface area contributed by atoms with Crippen LogP contribution in [0.15, 0.2) is 47.1 Å². The van der Waals surface area contributed by atoms with Gasteiger partial charge in [-0.05, 0) is 34.1 Å². The molecule has 0 atom stereocenters. The first-order valence-corrected chi connectivity index (χ1v) is 6.70. The molecule has 2 aromatic rings. The smallest absolute Gasteiger partial charge is 0.130 e. The van der Waals surface area contributed by atoms with Crippen LogP contribution in [0.2, 0.25) is 0 Å². The van der Waals surface area contributed by atoms with Crippen LogP contribution in [-0.2, 0) is 6.54 Å². The lowest BCUT2D eigenvalue weighted by atomic mass is 10.2. The van der Waals surface area contributed by atoms with Gasteiger partial charge in [-0.1, -0.05) is 24.3 Å². The maximum absolute atomic E-state index is 5.75. The summed E-state index contributed by atoms with van der Waals surface area (Å²) >= 11 is 3.41.